The lowest BCUT2D eigenvalue weighted by Gasteiger charge is -2.28. The van der Waals surface area contributed by atoms with Crippen molar-refractivity contribution < 1.29 is 24.3 Å². The number of rotatable bonds is 8. The molecule has 2 amide bonds. The van der Waals surface area contributed by atoms with Crippen molar-refractivity contribution in [1.82, 2.24) is 25.0 Å². The Bertz CT molecular complexity index is 1790. The van der Waals surface area contributed by atoms with Crippen molar-refractivity contribution in [3.63, 3.8) is 0 Å². The number of hydrogen-bond acceptors (Lipinski definition) is 10. The van der Waals surface area contributed by atoms with Crippen molar-refractivity contribution >= 4 is 40.4 Å². The van der Waals surface area contributed by atoms with Gasteiger partial charge in [-0.1, -0.05) is 23.8 Å². The van der Waals surface area contributed by atoms with Gasteiger partial charge in [0.2, 0.25) is 0 Å². The van der Waals surface area contributed by atoms with Crippen LogP contribution < -0.4 is 15.7 Å². The molecule has 1 fully saturated rings. The first-order valence-corrected chi connectivity index (χ1v) is 15.4. The quantitative estimate of drug-likeness (QED) is 0.174. The van der Waals surface area contributed by atoms with Crippen LogP contribution in [0.2, 0.25) is 0 Å². The number of aryl methyl sites for hydroxylation is 1. The van der Waals surface area contributed by atoms with Gasteiger partial charge in [-0.3, -0.25) is 20.3 Å². The Morgan fingerprint density at radius 2 is 1.79 bits per heavy atom. The third-order valence-corrected chi connectivity index (χ3v) is 7.39. The van der Waals surface area contributed by atoms with Crippen molar-refractivity contribution in [2.75, 3.05) is 36.5 Å². The number of aromatic nitrogens is 4. The summed E-state index contributed by atoms with van der Waals surface area (Å²) in [4.78, 5) is 45.6. The van der Waals surface area contributed by atoms with Gasteiger partial charge in [-0.05, 0) is 64.1 Å². The van der Waals surface area contributed by atoms with E-state index in [0.29, 0.717) is 56.3 Å². The maximum atomic E-state index is 12.2. The van der Waals surface area contributed by atoms with Crippen molar-refractivity contribution in [3.8, 4) is 11.4 Å². The van der Waals surface area contributed by atoms with Gasteiger partial charge in [-0.25, -0.2) is 25.2 Å². The van der Waals surface area contributed by atoms with Gasteiger partial charge in [0.05, 0.1) is 18.8 Å². The Balaban J connectivity index is 1.40. The second kappa shape index (κ2) is 14.5. The summed E-state index contributed by atoms with van der Waals surface area (Å²) in [7, 11) is 1.95. The van der Waals surface area contributed by atoms with E-state index in [-0.39, 0.29) is 5.57 Å². The molecule has 3 aromatic rings. The number of hydroxylamine groups is 1. The summed E-state index contributed by atoms with van der Waals surface area (Å²) in [6.45, 7) is 10.1. The van der Waals surface area contributed by atoms with Crippen LogP contribution >= 0.6 is 0 Å². The number of hydrogen-bond donors (Lipinski definition) is 3. The van der Waals surface area contributed by atoms with E-state index < -0.39 is 17.6 Å². The summed E-state index contributed by atoms with van der Waals surface area (Å²) < 4.78 is 13.0. The molecule has 1 aromatic carbocycles. The Morgan fingerprint density at radius 3 is 2.49 bits per heavy atom. The zero-order chi connectivity index (χ0) is 33.6. The number of ether oxygens (including phenoxy) is 2. The first-order valence-electron chi connectivity index (χ1n) is 15.4. The molecule has 13 heteroatoms. The van der Waals surface area contributed by atoms with Crippen molar-refractivity contribution in [3.05, 3.63) is 77.8 Å². The number of nitrogens with one attached hydrogen (secondary N) is 2. The molecule has 1 saturated heterocycles. The minimum atomic E-state index is -0.622. The number of carbonyl (C=O) groups excluding carboxylic acids is 2. The molecule has 246 valence electrons. The maximum Gasteiger partial charge on any atom is 0.412 e. The van der Waals surface area contributed by atoms with Gasteiger partial charge in [0, 0.05) is 56.1 Å². The van der Waals surface area contributed by atoms with Crippen LogP contribution in [0.3, 0.4) is 0 Å². The molecule has 0 atom stereocenters. The molecule has 0 aliphatic carbocycles. The molecule has 0 radical (unpaired) electrons. The van der Waals surface area contributed by atoms with E-state index in [4.69, 9.17) is 29.6 Å². The fourth-order valence-electron chi connectivity index (χ4n) is 5.01. The molecule has 2 aromatic heterocycles. The van der Waals surface area contributed by atoms with Crippen LogP contribution in [0.1, 0.15) is 39.9 Å². The zero-order valence-electron chi connectivity index (χ0n) is 27.3. The predicted octanol–water partition coefficient (Wildman–Crippen LogP) is 5.05. The minimum Gasteiger partial charge on any atom is -0.444 e. The topological polar surface area (TPSA) is 156 Å². The van der Waals surface area contributed by atoms with E-state index in [1.54, 1.807) is 29.8 Å². The van der Waals surface area contributed by atoms with Crippen molar-refractivity contribution in [2.45, 2.75) is 46.1 Å². The van der Waals surface area contributed by atoms with Crippen LogP contribution in [0, 0.1) is 0 Å². The van der Waals surface area contributed by atoms with Gasteiger partial charge in [-0.2, -0.15) is 0 Å². The second-order valence-corrected chi connectivity index (χ2v) is 12.2. The van der Waals surface area contributed by atoms with Gasteiger partial charge < -0.3 is 18.9 Å². The average molecular weight is 641 g/mol. The highest BCUT2D eigenvalue weighted by molar-refractivity contribution is 6.00. The molecule has 0 bridgehead atoms. The summed E-state index contributed by atoms with van der Waals surface area (Å²) in [6.07, 6.45) is 11.2. The molecule has 2 aliphatic rings. The number of nitrogens with zero attached hydrogens (tertiary/aromatic N) is 6. The number of amides is 2. The molecule has 4 heterocycles. The Morgan fingerprint density at radius 1 is 1.06 bits per heavy atom. The molecule has 0 saturated carbocycles. The fraction of sp³-hybridized carbons (Fsp3) is 0.353. The van der Waals surface area contributed by atoms with Crippen LogP contribution in [0.4, 0.5) is 16.3 Å². The number of aliphatic imine (C=N–C) groups is 1. The highest BCUT2D eigenvalue weighted by Crippen LogP contribution is 2.29. The average Bonchev–Trinajstić information content (AvgIpc) is 3.35. The van der Waals surface area contributed by atoms with Gasteiger partial charge in [-0.15, -0.1) is 0 Å². The monoisotopic (exact) mass is 640 g/mol. The first kappa shape index (κ1) is 33.2. The lowest BCUT2D eigenvalue weighted by atomic mass is 10.1. The van der Waals surface area contributed by atoms with Crippen LogP contribution in [0.25, 0.3) is 22.6 Å². The number of anilines is 2. The van der Waals surface area contributed by atoms with Gasteiger partial charge in [0.25, 0.3) is 5.91 Å². The van der Waals surface area contributed by atoms with Crippen molar-refractivity contribution in [1.29, 1.82) is 0 Å². The first-order chi connectivity index (χ1) is 22.5. The fourth-order valence-corrected chi connectivity index (χ4v) is 5.01. The molecule has 3 N–H and O–H groups in total. The summed E-state index contributed by atoms with van der Waals surface area (Å²) >= 11 is 0. The highest BCUT2D eigenvalue weighted by atomic mass is 16.6. The van der Waals surface area contributed by atoms with Gasteiger partial charge >= 0.3 is 6.09 Å². The number of imidazole rings is 1. The number of carbonyl (C=O) groups is 2. The summed E-state index contributed by atoms with van der Waals surface area (Å²) in [6, 6.07) is 7.34. The van der Waals surface area contributed by atoms with Crippen molar-refractivity contribution in [2.24, 2.45) is 12.0 Å². The molecule has 0 unspecified atom stereocenters. The molecule has 2 aliphatic heterocycles. The van der Waals surface area contributed by atoms with E-state index >= 15 is 0 Å². The second-order valence-electron chi connectivity index (χ2n) is 12.2. The van der Waals surface area contributed by atoms with Gasteiger partial charge in [0.1, 0.15) is 11.4 Å². The SMILES string of the molecule is C/C(=C\Cc1nc2c(N3CCOCC3)nc(-c3ccc(NC(=O)OC(C)(C)C)cc3)nc2n1C)CC1=N/C=C(C(=O)NO)\C=C\C=C\1. The van der Waals surface area contributed by atoms with Crippen LogP contribution in [0.5, 0.6) is 0 Å². The zero-order valence-corrected chi connectivity index (χ0v) is 27.3. The standard InChI is InChI=1S/C34H40N8O5/c1-22(20-26-9-7-6-8-24(21-35-26)32(43)40-45)10-15-27-37-28-30(41(27)5)38-29(39-31(28)42-16-18-46-19-17-42)23-11-13-25(14-12-23)36-33(44)47-34(2,3)4/h6-14,21,45H,15-20H2,1-5H3,(H,36,44)(H,40,43)/b7-6?,8-6+,9-7+,22-10+,24-8?,24-21+,26-9?,35-21?,35-26+. The third kappa shape index (κ3) is 8.57. The smallest absolute Gasteiger partial charge is 0.412 e. The number of fused-ring (bicyclic) bond motifs is 1. The lowest BCUT2D eigenvalue weighted by Crippen LogP contribution is -2.37. The number of allylic oxidation sites excluding steroid dienone is 5. The van der Waals surface area contributed by atoms with E-state index in [1.165, 1.54) is 6.20 Å². The Hall–Kier alpha value is -5.14. The molecule has 5 rings (SSSR count). The van der Waals surface area contributed by atoms with E-state index in [9.17, 15) is 9.59 Å². The predicted molar refractivity (Wildman–Crippen MR) is 180 cm³/mol. The molecule has 13 nitrogen and oxygen atoms in total. The normalized spacial score (nSPS) is 19.1. The lowest BCUT2D eigenvalue weighted by molar-refractivity contribution is -0.124. The van der Waals surface area contributed by atoms with E-state index in [1.807, 2.05) is 63.6 Å². The minimum absolute atomic E-state index is 0.251. The molecule has 0 spiro atoms. The Labute approximate surface area is 273 Å². The van der Waals surface area contributed by atoms with E-state index in [2.05, 4.69) is 21.3 Å². The summed E-state index contributed by atoms with van der Waals surface area (Å²) in [5.74, 6) is 1.51. The van der Waals surface area contributed by atoms with E-state index in [0.717, 1.165) is 34.0 Å². The summed E-state index contributed by atoms with van der Waals surface area (Å²) in [5, 5.41) is 11.7. The summed E-state index contributed by atoms with van der Waals surface area (Å²) in [5.41, 5.74) is 5.98. The van der Waals surface area contributed by atoms with Gasteiger partial charge in [0.15, 0.2) is 22.8 Å². The molecular weight excluding hydrogens is 600 g/mol. The number of morpholine rings is 1. The number of benzene rings is 1. The largest absolute Gasteiger partial charge is 0.444 e. The maximum absolute atomic E-state index is 12.2. The molecule has 47 heavy (non-hydrogen) atoms. The third-order valence-electron chi connectivity index (χ3n) is 7.39. The highest BCUT2D eigenvalue weighted by Gasteiger charge is 2.23. The van der Waals surface area contributed by atoms with Crippen LogP contribution in [0.15, 0.2) is 77.0 Å². The molecular formula is C34H40N8O5. The van der Waals surface area contributed by atoms with Crippen LogP contribution in [-0.4, -0.2) is 74.3 Å². The Kier molecular flexibility index (Phi) is 10.3. The van der Waals surface area contributed by atoms with Crippen LogP contribution in [-0.2, 0) is 27.7 Å².